The first-order valence-corrected chi connectivity index (χ1v) is 3.87. The van der Waals surface area contributed by atoms with Crippen molar-refractivity contribution in [3.63, 3.8) is 0 Å². The van der Waals surface area contributed by atoms with Crippen LogP contribution in [0.25, 0.3) is 0 Å². The van der Waals surface area contributed by atoms with E-state index in [0.717, 1.165) is 5.92 Å². The third-order valence-electron chi connectivity index (χ3n) is 2.00. The third kappa shape index (κ3) is 2.21. The molecule has 0 heteroatoms. The highest BCUT2D eigenvalue weighted by Gasteiger charge is 2.10. The molecule has 1 aliphatic carbocycles. The minimum atomic E-state index is 0.858. The third-order valence-corrected chi connectivity index (χ3v) is 2.00. The van der Waals surface area contributed by atoms with Gasteiger partial charge in [0.1, 0.15) is 0 Å². The number of rotatable bonds is 2. The molecule has 0 spiro atoms. The van der Waals surface area contributed by atoms with Gasteiger partial charge in [-0.05, 0) is 31.6 Å². The van der Waals surface area contributed by atoms with E-state index in [1.54, 1.807) is 0 Å². The zero-order chi connectivity index (χ0) is 6.53. The normalized spacial score (nSPS) is 21.8. The van der Waals surface area contributed by atoms with Crippen LogP contribution in [0.4, 0.5) is 0 Å². The van der Waals surface area contributed by atoms with Gasteiger partial charge in [-0.1, -0.05) is 18.9 Å². The average molecular weight is 123 g/mol. The van der Waals surface area contributed by atoms with Crippen molar-refractivity contribution in [2.75, 3.05) is 0 Å². The monoisotopic (exact) mass is 123 g/mol. The molecule has 0 bridgehead atoms. The van der Waals surface area contributed by atoms with E-state index >= 15 is 0 Å². The second-order valence-electron chi connectivity index (χ2n) is 2.80. The summed E-state index contributed by atoms with van der Waals surface area (Å²) in [6.07, 6.45) is 11.2. The molecule has 0 aliphatic heterocycles. The van der Waals surface area contributed by atoms with Crippen LogP contribution >= 0.6 is 0 Å². The molecule has 1 unspecified atom stereocenters. The van der Waals surface area contributed by atoms with Gasteiger partial charge in [-0.15, -0.1) is 6.58 Å². The van der Waals surface area contributed by atoms with Crippen LogP contribution in [0.3, 0.4) is 0 Å². The van der Waals surface area contributed by atoms with Gasteiger partial charge in [-0.2, -0.15) is 0 Å². The summed E-state index contributed by atoms with van der Waals surface area (Å²) in [5.74, 6) is 0.858. The van der Waals surface area contributed by atoms with Crippen LogP contribution in [0.1, 0.15) is 32.1 Å². The Morgan fingerprint density at radius 1 is 1.56 bits per heavy atom. The molecule has 0 amide bonds. The largest absolute Gasteiger partial charge is 0.103 e. The fourth-order valence-electron chi connectivity index (χ4n) is 1.45. The minimum Gasteiger partial charge on any atom is -0.103 e. The first-order chi connectivity index (χ1) is 4.43. The highest BCUT2D eigenvalue weighted by atomic mass is 14.2. The minimum absolute atomic E-state index is 0.858. The van der Waals surface area contributed by atoms with Crippen molar-refractivity contribution < 1.29 is 0 Å². The van der Waals surface area contributed by atoms with E-state index in [-0.39, 0.29) is 0 Å². The highest BCUT2D eigenvalue weighted by Crippen LogP contribution is 2.25. The molecule has 1 atom stereocenters. The van der Waals surface area contributed by atoms with Gasteiger partial charge in [0.15, 0.2) is 0 Å². The van der Waals surface area contributed by atoms with Gasteiger partial charge in [0.25, 0.3) is 0 Å². The number of hydrogen-bond acceptors (Lipinski definition) is 0. The van der Waals surface area contributed by atoms with Crippen molar-refractivity contribution >= 4 is 0 Å². The lowest BCUT2D eigenvalue weighted by Crippen LogP contribution is -2.05. The smallest absolute Gasteiger partial charge is 0.0322 e. The van der Waals surface area contributed by atoms with E-state index in [9.17, 15) is 0 Å². The Labute approximate surface area is 58.0 Å². The van der Waals surface area contributed by atoms with Crippen molar-refractivity contribution in [2.24, 2.45) is 5.92 Å². The van der Waals surface area contributed by atoms with Gasteiger partial charge in [-0.3, -0.25) is 0 Å². The molecule has 0 aromatic heterocycles. The summed E-state index contributed by atoms with van der Waals surface area (Å²) in [5, 5.41) is 0. The van der Waals surface area contributed by atoms with Crippen LogP contribution in [-0.2, 0) is 0 Å². The molecule has 0 nitrogen and oxygen atoms in total. The Bertz CT molecular complexity index is 78.0. The Kier molecular flexibility index (Phi) is 2.82. The Morgan fingerprint density at radius 2 is 2.44 bits per heavy atom. The molecule has 1 fully saturated rings. The fraction of sp³-hybridized carbons (Fsp3) is 0.667. The molecule has 9 heavy (non-hydrogen) atoms. The zero-order valence-corrected chi connectivity index (χ0v) is 5.97. The van der Waals surface area contributed by atoms with Crippen molar-refractivity contribution in [1.82, 2.24) is 0 Å². The first kappa shape index (κ1) is 6.85. The van der Waals surface area contributed by atoms with Crippen molar-refractivity contribution in [3.8, 4) is 0 Å². The molecule has 51 valence electrons. The van der Waals surface area contributed by atoms with Gasteiger partial charge in [0.05, 0.1) is 0 Å². The SMILES string of the molecule is C=CCC1[CH]CCCC1. The van der Waals surface area contributed by atoms with Crippen molar-refractivity contribution in [3.05, 3.63) is 19.1 Å². The molecule has 1 rings (SSSR count). The van der Waals surface area contributed by atoms with Crippen molar-refractivity contribution in [2.45, 2.75) is 32.1 Å². The number of allylic oxidation sites excluding steroid dienone is 1. The van der Waals surface area contributed by atoms with Crippen molar-refractivity contribution in [1.29, 1.82) is 0 Å². The summed E-state index contributed by atoms with van der Waals surface area (Å²) in [6.45, 7) is 3.73. The predicted molar refractivity (Wildman–Crippen MR) is 41.1 cm³/mol. The molecule has 1 saturated carbocycles. The maximum atomic E-state index is 3.73. The van der Waals surface area contributed by atoms with Crippen LogP contribution < -0.4 is 0 Å². The molecule has 1 aliphatic rings. The summed E-state index contributed by atoms with van der Waals surface area (Å²) in [6, 6.07) is 0. The van der Waals surface area contributed by atoms with E-state index in [1.807, 2.05) is 6.08 Å². The summed E-state index contributed by atoms with van der Waals surface area (Å²) < 4.78 is 0. The number of hydrogen-bond donors (Lipinski definition) is 0. The van der Waals surface area contributed by atoms with Gasteiger partial charge in [-0.25, -0.2) is 0 Å². The topological polar surface area (TPSA) is 0 Å². The lowest BCUT2D eigenvalue weighted by atomic mass is 9.87. The van der Waals surface area contributed by atoms with Crippen LogP contribution in [0.15, 0.2) is 12.7 Å². The lowest BCUT2D eigenvalue weighted by Gasteiger charge is -2.18. The van der Waals surface area contributed by atoms with Crippen LogP contribution in [-0.4, -0.2) is 0 Å². The molecule has 0 aromatic rings. The maximum Gasteiger partial charge on any atom is -0.0322 e. The van der Waals surface area contributed by atoms with Crippen LogP contribution in [0, 0.1) is 12.3 Å². The Balaban J connectivity index is 2.15. The van der Waals surface area contributed by atoms with Gasteiger partial charge in [0, 0.05) is 0 Å². The zero-order valence-electron chi connectivity index (χ0n) is 5.97. The Hall–Kier alpha value is -0.260. The molecule has 0 saturated heterocycles. The van der Waals surface area contributed by atoms with Gasteiger partial charge >= 0.3 is 0 Å². The molecular weight excluding hydrogens is 108 g/mol. The van der Waals surface area contributed by atoms with E-state index in [1.165, 1.54) is 32.1 Å². The molecular formula is C9H15. The van der Waals surface area contributed by atoms with Gasteiger partial charge in [0.2, 0.25) is 0 Å². The second kappa shape index (κ2) is 3.71. The second-order valence-corrected chi connectivity index (χ2v) is 2.80. The predicted octanol–water partition coefficient (Wildman–Crippen LogP) is 2.96. The fourth-order valence-corrected chi connectivity index (χ4v) is 1.45. The standard InChI is InChI=1S/C9H15/c1-2-6-9-7-4-3-5-8-9/h2,7,9H,1,3-6,8H2. The Morgan fingerprint density at radius 3 is 3.00 bits per heavy atom. The molecule has 1 radical (unpaired) electrons. The van der Waals surface area contributed by atoms with E-state index in [0.29, 0.717) is 0 Å². The summed E-state index contributed by atoms with van der Waals surface area (Å²) in [7, 11) is 0. The lowest BCUT2D eigenvalue weighted by molar-refractivity contribution is 0.450. The van der Waals surface area contributed by atoms with E-state index in [2.05, 4.69) is 13.0 Å². The maximum absolute atomic E-state index is 3.73. The highest BCUT2D eigenvalue weighted by molar-refractivity contribution is 4.85. The first-order valence-electron chi connectivity index (χ1n) is 3.87. The van der Waals surface area contributed by atoms with Gasteiger partial charge < -0.3 is 0 Å². The summed E-state index contributed by atoms with van der Waals surface area (Å²) in [5.41, 5.74) is 0. The van der Waals surface area contributed by atoms with Crippen LogP contribution in [0.5, 0.6) is 0 Å². The quantitative estimate of drug-likeness (QED) is 0.495. The summed E-state index contributed by atoms with van der Waals surface area (Å²) in [4.78, 5) is 0. The molecule has 0 heterocycles. The summed E-state index contributed by atoms with van der Waals surface area (Å²) >= 11 is 0. The van der Waals surface area contributed by atoms with E-state index < -0.39 is 0 Å². The molecule has 0 N–H and O–H groups in total. The van der Waals surface area contributed by atoms with Crippen LogP contribution in [0.2, 0.25) is 0 Å². The van der Waals surface area contributed by atoms with E-state index in [4.69, 9.17) is 0 Å². The average Bonchev–Trinajstić information content (AvgIpc) is 1.91. The molecule has 0 aromatic carbocycles.